The maximum atomic E-state index is 11.5. The van der Waals surface area contributed by atoms with Gasteiger partial charge in [-0.05, 0) is 34.1 Å². The van der Waals surface area contributed by atoms with E-state index in [1.807, 2.05) is 6.92 Å². The van der Waals surface area contributed by atoms with Crippen LogP contribution in [0.1, 0.15) is 40.5 Å². The number of amides is 1. The van der Waals surface area contributed by atoms with Crippen LogP contribution in [0.15, 0.2) is 12.2 Å². The Morgan fingerprint density at radius 3 is 2.41 bits per heavy atom. The zero-order valence-corrected chi connectivity index (χ0v) is 10.8. The molecule has 0 rings (SSSR count). The number of aliphatic carboxylic acids is 1. The smallest absolute Gasteiger partial charge is 0.408 e. The second-order valence-corrected chi connectivity index (χ2v) is 4.71. The summed E-state index contributed by atoms with van der Waals surface area (Å²) in [7, 11) is 0. The predicted octanol–water partition coefficient (Wildman–Crippen LogP) is 2.32. The number of carbonyl (C=O) groups excluding carboxylic acids is 1. The predicted molar refractivity (Wildman–Crippen MR) is 64.8 cm³/mol. The monoisotopic (exact) mass is 243 g/mol. The number of alkyl carbamates (subject to hydrolysis) is 1. The van der Waals surface area contributed by atoms with Crippen molar-refractivity contribution in [1.82, 2.24) is 5.32 Å². The molecule has 0 aromatic rings. The molecule has 2 N–H and O–H groups in total. The summed E-state index contributed by atoms with van der Waals surface area (Å²) in [5.41, 5.74) is -0.558. The molecule has 1 atom stereocenters. The average Bonchev–Trinajstić information content (AvgIpc) is 2.11. The van der Waals surface area contributed by atoms with E-state index in [0.717, 1.165) is 0 Å². The molecule has 1 unspecified atom stereocenters. The Bertz CT molecular complexity index is 291. The largest absolute Gasteiger partial charge is 0.481 e. The van der Waals surface area contributed by atoms with E-state index < -0.39 is 17.7 Å². The molecule has 0 aliphatic rings. The lowest BCUT2D eigenvalue weighted by atomic mass is 10.1. The van der Waals surface area contributed by atoms with Gasteiger partial charge in [0.25, 0.3) is 0 Å². The number of nitrogens with one attached hydrogen (secondary N) is 1. The molecule has 0 bridgehead atoms. The van der Waals surface area contributed by atoms with Crippen molar-refractivity contribution in [2.24, 2.45) is 0 Å². The summed E-state index contributed by atoms with van der Waals surface area (Å²) in [6.45, 7) is 7.13. The SMILES string of the molecule is CC=CC(CCC(=O)O)NC(=O)OC(C)(C)C. The lowest BCUT2D eigenvalue weighted by Gasteiger charge is -2.22. The third kappa shape index (κ3) is 9.41. The minimum Gasteiger partial charge on any atom is -0.481 e. The van der Waals surface area contributed by atoms with Gasteiger partial charge < -0.3 is 15.2 Å². The zero-order chi connectivity index (χ0) is 13.5. The van der Waals surface area contributed by atoms with Gasteiger partial charge in [0.15, 0.2) is 0 Å². The van der Waals surface area contributed by atoms with Gasteiger partial charge in [-0.3, -0.25) is 4.79 Å². The van der Waals surface area contributed by atoms with E-state index in [1.165, 1.54) is 0 Å². The second kappa shape index (κ2) is 6.93. The van der Waals surface area contributed by atoms with Crippen LogP contribution < -0.4 is 5.32 Å². The Labute approximate surface area is 102 Å². The highest BCUT2D eigenvalue weighted by molar-refractivity contribution is 5.69. The highest BCUT2D eigenvalue weighted by atomic mass is 16.6. The van der Waals surface area contributed by atoms with Gasteiger partial charge in [-0.1, -0.05) is 12.2 Å². The van der Waals surface area contributed by atoms with Gasteiger partial charge in [0, 0.05) is 6.42 Å². The van der Waals surface area contributed by atoms with Crippen LogP contribution in [0.4, 0.5) is 4.79 Å². The van der Waals surface area contributed by atoms with Crippen LogP contribution in [-0.4, -0.2) is 28.8 Å². The Morgan fingerprint density at radius 1 is 1.41 bits per heavy atom. The fraction of sp³-hybridized carbons (Fsp3) is 0.667. The summed E-state index contributed by atoms with van der Waals surface area (Å²) in [5, 5.41) is 11.2. The summed E-state index contributed by atoms with van der Waals surface area (Å²) in [5.74, 6) is -0.884. The lowest BCUT2D eigenvalue weighted by Crippen LogP contribution is -2.38. The first-order valence-electron chi connectivity index (χ1n) is 5.58. The van der Waals surface area contributed by atoms with Crippen molar-refractivity contribution < 1.29 is 19.4 Å². The molecule has 0 heterocycles. The van der Waals surface area contributed by atoms with E-state index in [9.17, 15) is 9.59 Å². The molecule has 0 aromatic carbocycles. The van der Waals surface area contributed by atoms with Crippen LogP contribution >= 0.6 is 0 Å². The number of carboxylic acids is 1. The number of carbonyl (C=O) groups is 2. The van der Waals surface area contributed by atoms with Crippen molar-refractivity contribution in [2.75, 3.05) is 0 Å². The molecule has 0 saturated carbocycles. The Morgan fingerprint density at radius 2 is 2.00 bits per heavy atom. The fourth-order valence-electron chi connectivity index (χ4n) is 1.19. The molecule has 5 heteroatoms. The van der Waals surface area contributed by atoms with Crippen molar-refractivity contribution in [3.05, 3.63) is 12.2 Å². The first-order chi connectivity index (χ1) is 7.74. The summed E-state index contributed by atoms with van der Waals surface area (Å²) in [6.07, 6.45) is 3.33. The van der Waals surface area contributed by atoms with Gasteiger partial charge in [0.05, 0.1) is 6.04 Å². The third-order valence-corrected chi connectivity index (χ3v) is 1.80. The summed E-state index contributed by atoms with van der Waals surface area (Å²) in [4.78, 5) is 21.9. The molecule has 0 saturated heterocycles. The quantitative estimate of drug-likeness (QED) is 0.726. The van der Waals surface area contributed by atoms with E-state index in [4.69, 9.17) is 9.84 Å². The lowest BCUT2D eigenvalue weighted by molar-refractivity contribution is -0.137. The molecule has 17 heavy (non-hydrogen) atoms. The van der Waals surface area contributed by atoms with E-state index in [2.05, 4.69) is 5.32 Å². The minimum absolute atomic E-state index is 0.00477. The van der Waals surface area contributed by atoms with Crippen molar-refractivity contribution in [3.63, 3.8) is 0 Å². The first kappa shape index (κ1) is 15.5. The Kier molecular flexibility index (Phi) is 6.31. The van der Waals surface area contributed by atoms with Crippen LogP contribution in [-0.2, 0) is 9.53 Å². The van der Waals surface area contributed by atoms with Crippen LogP contribution in [0.2, 0.25) is 0 Å². The zero-order valence-electron chi connectivity index (χ0n) is 10.8. The van der Waals surface area contributed by atoms with Gasteiger partial charge >= 0.3 is 12.1 Å². The van der Waals surface area contributed by atoms with Gasteiger partial charge in [-0.15, -0.1) is 0 Å². The van der Waals surface area contributed by atoms with Crippen molar-refractivity contribution in [2.45, 2.75) is 52.2 Å². The molecule has 0 spiro atoms. The van der Waals surface area contributed by atoms with Crippen molar-refractivity contribution in [3.8, 4) is 0 Å². The topological polar surface area (TPSA) is 75.6 Å². The Balaban J connectivity index is 4.24. The van der Waals surface area contributed by atoms with E-state index in [-0.39, 0.29) is 12.5 Å². The number of allylic oxidation sites excluding steroid dienone is 1. The van der Waals surface area contributed by atoms with Crippen LogP contribution in [0, 0.1) is 0 Å². The van der Waals surface area contributed by atoms with E-state index in [0.29, 0.717) is 6.42 Å². The van der Waals surface area contributed by atoms with Gasteiger partial charge in [-0.25, -0.2) is 4.79 Å². The molecule has 98 valence electrons. The Hall–Kier alpha value is -1.52. The van der Waals surface area contributed by atoms with Crippen molar-refractivity contribution in [1.29, 1.82) is 0 Å². The van der Waals surface area contributed by atoms with Crippen LogP contribution in [0.5, 0.6) is 0 Å². The molecule has 1 amide bonds. The highest BCUT2D eigenvalue weighted by Gasteiger charge is 2.18. The van der Waals surface area contributed by atoms with E-state index >= 15 is 0 Å². The second-order valence-electron chi connectivity index (χ2n) is 4.71. The molecule has 0 aromatic heterocycles. The molecular weight excluding hydrogens is 222 g/mol. The number of carboxylic acid groups (broad SMARTS) is 1. The van der Waals surface area contributed by atoms with Gasteiger partial charge in [0.1, 0.15) is 5.60 Å². The summed E-state index contributed by atoms with van der Waals surface area (Å²) in [6, 6.07) is -0.314. The fourth-order valence-corrected chi connectivity index (χ4v) is 1.19. The maximum absolute atomic E-state index is 11.5. The van der Waals surface area contributed by atoms with Crippen LogP contribution in [0.3, 0.4) is 0 Å². The summed E-state index contributed by atoms with van der Waals surface area (Å²) >= 11 is 0. The maximum Gasteiger partial charge on any atom is 0.408 e. The number of hydrogen-bond acceptors (Lipinski definition) is 3. The molecule has 0 radical (unpaired) electrons. The molecule has 5 nitrogen and oxygen atoms in total. The summed E-state index contributed by atoms with van der Waals surface area (Å²) < 4.78 is 5.09. The van der Waals surface area contributed by atoms with E-state index in [1.54, 1.807) is 32.9 Å². The average molecular weight is 243 g/mol. The van der Waals surface area contributed by atoms with Gasteiger partial charge in [0.2, 0.25) is 0 Å². The molecule has 0 aliphatic carbocycles. The standard InChI is InChI=1S/C12H21NO4/c1-5-6-9(7-8-10(14)15)13-11(16)17-12(2,3)4/h5-6,9H,7-8H2,1-4H3,(H,13,16)(H,14,15). The molecule has 0 aliphatic heterocycles. The highest BCUT2D eigenvalue weighted by Crippen LogP contribution is 2.08. The molecular formula is C12H21NO4. The number of ether oxygens (including phenoxy) is 1. The first-order valence-corrected chi connectivity index (χ1v) is 5.58. The third-order valence-electron chi connectivity index (χ3n) is 1.80. The normalized spacial score (nSPS) is 13.4. The van der Waals surface area contributed by atoms with Gasteiger partial charge in [-0.2, -0.15) is 0 Å². The van der Waals surface area contributed by atoms with Crippen LogP contribution in [0.25, 0.3) is 0 Å². The number of hydrogen-bond donors (Lipinski definition) is 2. The molecule has 0 fully saturated rings. The minimum atomic E-state index is -0.884. The van der Waals surface area contributed by atoms with Crippen molar-refractivity contribution >= 4 is 12.1 Å². The number of rotatable bonds is 5.